The molecule has 0 aliphatic carbocycles. The Bertz CT molecular complexity index is 379. The van der Waals surface area contributed by atoms with E-state index in [0.29, 0.717) is 12.8 Å². The lowest BCUT2D eigenvalue weighted by Crippen LogP contribution is -2.11. The van der Waals surface area contributed by atoms with Gasteiger partial charge in [0.25, 0.3) is 0 Å². The van der Waals surface area contributed by atoms with Crippen molar-refractivity contribution in [3.05, 3.63) is 35.1 Å². The third-order valence-electron chi connectivity index (χ3n) is 2.21. The van der Waals surface area contributed by atoms with Crippen molar-refractivity contribution >= 4 is 12.4 Å². The number of nitrogens with two attached hydrogens (primary N) is 1. The highest BCUT2D eigenvalue weighted by Gasteiger charge is 2.08. The van der Waals surface area contributed by atoms with Crippen LogP contribution in [0.1, 0.15) is 30.0 Å². The van der Waals surface area contributed by atoms with Crippen LogP contribution < -0.4 is 5.73 Å². The second kappa shape index (κ2) is 7.18. The van der Waals surface area contributed by atoms with Crippen molar-refractivity contribution < 1.29 is 9.50 Å². The summed E-state index contributed by atoms with van der Waals surface area (Å²) < 4.78 is 13.0. The number of aliphatic hydroxyl groups excluding tert-OH is 1. The van der Waals surface area contributed by atoms with Gasteiger partial charge in [0.15, 0.2) is 0 Å². The predicted octanol–water partition coefficient (Wildman–Crippen LogP) is 1.89. The third-order valence-corrected chi connectivity index (χ3v) is 2.21. The van der Waals surface area contributed by atoms with Crippen LogP contribution in [0, 0.1) is 17.1 Å². The number of aliphatic hydroxyl groups is 1. The fourth-order valence-corrected chi connectivity index (χ4v) is 1.34. The Labute approximate surface area is 100 Å². The first-order chi connectivity index (χ1) is 7.19. The SMILES string of the molecule is Cl.N#Cc1cc([C@H](N)CCCO)ccc1F. The number of rotatable bonds is 4. The van der Waals surface area contributed by atoms with Crippen LogP contribution in [0.25, 0.3) is 0 Å². The highest BCUT2D eigenvalue weighted by molar-refractivity contribution is 5.85. The zero-order chi connectivity index (χ0) is 11.3. The molecule has 0 unspecified atom stereocenters. The zero-order valence-corrected chi connectivity index (χ0v) is 9.51. The number of halogens is 2. The van der Waals surface area contributed by atoms with Crippen LogP contribution in [-0.2, 0) is 0 Å². The minimum absolute atomic E-state index is 0. The van der Waals surface area contributed by atoms with E-state index in [0.717, 1.165) is 5.56 Å². The van der Waals surface area contributed by atoms with Crippen molar-refractivity contribution in [3.8, 4) is 6.07 Å². The van der Waals surface area contributed by atoms with Gasteiger partial charge in [-0.1, -0.05) is 6.07 Å². The van der Waals surface area contributed by atoms with Crippen LogP contribution in [0.2, 0.25) is 0 Å². The minimum Gasteiger partial charge on any atom is -0.396 e. The summed E-state index contributed by atoms with van der Waals surface area (Å²) in [5, 5.41) is 17.3. The molecule has 0 aliphatic heterocycles. The summed E-state index contributed by atoms with van der Waals surface area (Å²) >= 11 is 0. The summed E-state index contributed by atoms with van der Waals surface area (Å²) in [6, 6.07) is 5.77. The molecule has 1 rings (SSSR count). The van der Waals surface area contributed by atoms with Crippen molar-refractivity contribution in [2.24, 2.45) is 5.73 Å². The summed E-state index contributed by atoms with van der Waals surface area (Å²) in [6.07, 6.45) is 1.22. The predicted molar refractivity (Wildman–Crippen MR) is 61.6 cm³/mol. The molecule has 0 amide bonds. The third kappa shape index (κ3) is 3.78. The summed E-state index contributed by atoms with van der Waals surface area (Å²) in [4.78, 5) is 0. The average Bonchev–Trinajstić information content (AvgIpc) is 2.26. The molecule has 0 aromatic heterocycles. The topological polar surface area (TPSA) is 70.0 Å². The highest BCUT2D eigenvalue weighted by Crippen LogP contribution is 2.18. The molecular formula is C11H14ClFN2O. The van der Waals surface area contributed by atoms with E-state index in [1.807, 2.05) is 0 Å². The number of hydrogen-bond donors (Lipinski definition) is 2. The Balaban J connectivity index is 0.00000225. The lowest BCUT2D eigenvalue weighted by molar-refractivity contribution is 0.280. The van der Waals surface area contributed by atoms with E-state index in [1.54, 1.807) is 12.1 Å². The standard InChI is InChI=1S/C11H13FN2O.ClH/c12-10-4-3-8(6-9(10)7-13)11(14)2-1-5-15;/h3-4,6,11,15H,1-2,5,14H2;1H/t11-;/m1./s1. The van der Waals surface area contributed by atoms with Crippen molar-refractivity contribution in [3.63, 3.8) is 0 Å². The minimum atomic E-state index is -0.532. The lowest BCUT2D eigenvalue weighted by atomic mass is 10.0. The lowest BCUT2D eigenvalue weighted by Gasteiger charge is -2.11. The van der Waals surface area contributed by atoms with Gasteiger partial charge in [0.2, 0.25) is 0 Å². The van der Waals surface area contributed by atoms with Gasteiger partial charge in [-0.25, -0.2) is 4.39 Å². The first-order valence-electron chi connectivity index (χ1n) is 4.75. The van der Waals surface area contributed by atoms with Crippen LogP contribution in [0.4, 0.5) is 4.39 Å². The summed E-state index contributed by atoms with van der Waals surface area (Å²) in [5.74, 6) is -0.532. The molecule has 88 valence electrons. The second-order valence-corrected chi connectivity index (χ2v) is 3.32. The molecule has 0 saturated carbocycles. The van der Waals surface area contributed by atoms with E-state index in [2.05, 4.69) is 0 Å². The molecule has 0 bridgehead atoms. The maximum Gasteiger partial charge on any atom is 0.140 e. The van der Waals surface area contributed by atoms with Crippen LogP contribution in [0.3, 0.4) is 0 Å². The molecule has 0 heterocycles. The van der Waals surface area contributed by atoms with Crippen LogP contribution in [0.5, 0.6) is 0 Å². The molecular weight excluding hydrogens is 231 g/mol. The Hall–Kier alpha value is -1.15. The molecule has 3 N–H and O–H groups in total. The summed E-state index contributed by atoms with van der Waals surface area (Å²) in [6.45, 7) is 0.0833. The van der Waals surface area contributed by atoms with Gasteiger partial charge in [0.1, 0.15) is 11.9 Å². The van der Waals surface area contributed by atoms with Crippen molar-refractivity contribution in [2.45, 2.75) is 18.9 Å². The molecule has 5 heteroatoms. The molecule has 0 fully saturated rings. The quantitative estimate of drug-likeness (QED) is 0.850. The Kier molecular flexibility index (Phi) is 6.66. The van der Waals surface area contributed by atoms with Crippen molar-refractivity contribution in [2.75, 3.05) is 6.61 Å². The van der Waals surface area contributed by atoms with Gasteiger partial charge in [-0.3, -0.25) is 0 Å². The van der Waals surface area contributed by atoms with E-state index in [1.165, 1.54) is 12.1 Å². The molecule has 0 saturated heterocycles. The largest absolute Gasteiger partial charge is 0.396 e. The van der Waals surface area contributed by atoms with Crippen molar-refractivity contribution in [1.82, 2.24) is 0 Å². The summed E-state index contributed by atoms with van der Waals surface area (Å²) in [7, 11) is 0. The molecule has 0 radical (unpaired) electrons. The second-order valence-electron chi connectivity index (χ2n) is 3.32. The first-order valence-corrected chi connectivity index (χ1v) is 4.75. The molecule has 0 aliphatic rings. The molecule has 1 aromatic carbocycles. The van der Waals surface area contributed by atoms with Crippen LogP contribution >= 0.6 is 12.4 Å². The van der Waals surface area contributed by atoms with Crippen molar-refractivity contribution in [1.29, 1.82) is 5.26 Å². The van der Waals surface area contributed by atoms with Gasteiger partial charge in [0, 0.05) is 12.6 Å². The van der Waals surface area contributed by atoms with E-state index in [9.17, 15) is 4.39 Å². The Morgan fingerprint density at radius 1 is 1.50 bits per heavy atom. The van der Waals surface area contributed by atoms with E-state index in [-0.39, 0.29) is 30.6 Å². The first kappa shape index (κ1) is 14.8. The van der Waals surface area contributed by atoms with E-state index in [4.69, 9.17) is 16.1 Å². The average molecular weight is 245 g/mol. The molecule has 3 nitrogen and oxygen atoms in total. The molecule has 16 heavy (non-hydrogen) atoms. The fourth-order valence-electron chi connectivity index (χ4n) is 1.34. The van der Waals surface area contributed by atoms with Gasteiger partial charge in [-0.05, 0) is 30.5 Å². The molecule has 1 aromatic rings. The number of hydrogen-bond acceptors (Lipinski definition) is 3. The maximum absolute atomic E-state index is 13.0. The van der Waals surface area contributed by atoms with Gasteiger partial charge in [-0.15, -0.1) is 12.4 Å². The number of nitrogens with zero attached hydrogens (tertiary/aromatic N) is 1. The Morgan fingerprint density at radius 2 is 2.19 bits per heavy atom. The smallest absolute Gasteiger partial charge is 0.140 e. The normalized spacial score (nSPS) is 11.4. The Morgan fingerprint density at radius 3 is 2.75 bits per heavy atom. The van der Waals surface area contributed by atoms with Gasteiger partial charge >= 0.3 is 0 Å². The number of nitriles is 1. The maximum atomic E-state index is 13.0. The van der Waals surface area contributed by atoms with Gasteiger partial charge in [0.05, 0.1) is 5.56 Å². The van der Waals surface area contributed by atoms with Gasteiger partial charge in [-0.2, -0.15) is 5.26 Å². The van der Waals surface area contributed by atoms with Gasteiger partial charge < -0.3 is 10.8 Å². The van der Waals surface area contributed by atoms with E-state index < -0.39 is 5.82 Å². The zero-order valence-electron chi connectivity index (χ0n) is 8.69. The molecule has 1 atom stereocenters. The van der Waals surface area contributed by atoms with Crippen LogP contribution in [-0.4, -0.2) is 11.7 Å². The monoisotopic (exact) mass is 244 g/mol. The number of benzene rings is 1. The van der Waals surface area contributed by atoms with E-state index >= 15 is 0 Å². The highest BCUT2D eigenvalue weighted by atomic mass is 35.5. The molecule has 0 spiro atoms. The summed E-state index contributed by atoms with van der Waals surface area (Å²) in [5.41, 5.74) is 6.54. The fraction of sp³-hybridized carbons (Fsp3) is 0.364. The van der Waals surface area contributed by atoms with Crippen LogP contribution in [0.15, 0.2) is 18.2 Å².